The molecule has 2 aliphatic rings. The maximum Gasteiger partial charge on any atom is 0.341 e. The highest BCUT2D eigenvalue weighted by atomic mass is 32.2. The van der Waals surface area contributed by atoms with Crippen LogP contribution in [-0.2, 0) is 27.2 Å². The van der Waals surface area contributed by atoms with E-state index in [0.717, 1.165) is 34.6 Å². The number of nitrogens with one attached hydrogen (secondary N) is 1. The van der Waals surface area contributed by atoms with Crippen molar-refractivity contribution in [2.75, 3.05) is 17.3 Å². The Hall–Kier alpha value is -3.96. The molecule has 1 fully saturated rings. The third-order valence-electron chi connectivity index (χ3n) is 6.39. The molecule has 0 saturated carbocycles. The van der Waals surface area contributed by atoms with E-state index in [1.165, 1.54) is 42.3 Å². The first-order valence-corrected chi connectivity index (χ1v) is 13.5. The molecular formula is C27H22N2O7S2. The fourth-order valence-corrected chi connectivity index (χ4v) is 7.07. The molecule has 0 bridgehead atoms. The first kappa shape index (κ1) is 25.7. The molecule has 1 aliphatic heterocycles. The van der Waals surface area contributed by atoms with Crippen molar-refractivity contribution in [2.45, 2.75) is 35.8 Å². The average Bonchev–Trinajstić information content (AvgIpc) is 3.57. The van der Waals surface area contributed by atoms with E-state index in [1.807, 2.05) is 0 Å². The third-order valence-corrected chi connectivity index (χ3v) is 8.87. The zero-order valence-corrected chi connectivity index (χ0v) is 21.8. The number of carboxylic acids is 1. The van der Waals surface area contributed by atoms with Crippen LogP contribution in [0.4, 0.5) is 10.7 Å². The molecule has 0 radical (unpaired) electrons. The van der Waals surface area contributed by atoms with Gasteiger partial charge in [-0.1, -0.05) is 12.1 Å². The highest BCUT2D eigenvalue weighted by Gasteiger charge is 2.44. The highest BCUT2D eigenvalue weighted by molar-refractivity contribution is 8.00. The van der Waals surface area contributed by atoms with Crippen LogP contribution in [0.25, 0.3) is 0 Å². The number of hydrogen-bond acceptors (Lipinski definition) is 8. The number of fused-ring (bicyclic) bond motifs is 1. The van der Waals surface area contributed by atoms with E-state index >= 15 is 0 Å². The number of methoxy groups -OCH3 is 1. The lowest BCUT2D eigenvalue weighted by molar-refractivity contribution is -0.121. The van der Waals surface area contributed by atoms with Crippen LogP contribution in [0.15, 0.2) is 53.4 Å². The predicted molar refractivity (Wildman–Crippen MR) is 142 cm³/mol. The summed E-state index contributed by atoms with van der Waals surface area (Å²) in [6, 6.07) is 12.6. The number of rotatable bonds is 7. The lowest BCUT2D eigenvalue weighted by Crippen LogP contribution is -2.31. The summed E-state index contributed by atoms with van der Waals surface area (Å²) in [5, 5.41) is 11.7. The number of thioether (sulfide) groups is 1. The quantitative estimate of drug-likeness (QED) is 0.327. The van der Waals surface area contributed by atoms with Crippen molar-refractivity contribution in [1.29, 1.82) is 0 Å². The molecule has 1 aromatic heterocycles. The number of nitrogens with zero attached hydrogens (tertiary/aromatic N) is 1. The number of carbonyl (C=O) groups is 5. The van der Waals surface area contributed by atoms with Crippen LogP contribution in [0.5, 0.6) is 0 Å². The van der Waals surface area contributed by atoms with Gasteiger partial charge in [-0.3, -0.25) is 14.4 Å². The summed E-state index contributed by atoms with van der Waals surface area (Å²) in [6.45, 7) is 0. The predicted octanol–water partition coefficient (Wildman–Crippen LogP) is 4.40. The molecular weight excluding hydrogens is 528 g/mol. The van der Waals surface area contributed by atoms with Crippen molar-refractivity contribution in [3.8, 4) is 0 Å². The number of amides is 3. The molecule has 11 heteroatoms. The smallest absolute Gasteiger partial charge is 0.341 e. The van der Waals surface area contributed by atoms with Crippen LogP contribution in [0.1, 0.15) is 54.4 Å². The number of esters is 1. The third kappa shape index (κ3) is 4.70. The summed E-state index contributed by atoms with van der Waals surface area (Å²) in [4.78, 5) is 65.6. The molecule has 9 nitrogen and oxygen atoms in total. The summed E-state index contributed by atoms with van der Waals surface area (Å²) in [6.07, 6.45) is 2.45. The number of carbonyl (C=O) groups excluding carboxylic acids is 4. The second-order valence-corrected chi connectivity index (χ2v) is 11.1. The second kappa shape index (κ2) is 10.4. The van der Waals surface area contributed by atoms with Crippen molar-refractivity contribution in [1.82, 2.24) is 0 Å². The average molecular weight is 551 g/mol. The van der Waals surface area contributed by atoms with Crippen LogP contribution in [0.3, 0.4) is 0 Å². The Labute approximate surface area is 225 Å². The molecule has 2 N–H and O–H groups in total. The molecule has 3 amide bonds. The van der Waals surface area contributed by atoms with E-state index in [0.29, 0.717) is 21.1 Å². The highest BCUT2D eigenvalue weighted by Crippen LogP contribution is 2.44. The summed E-state index contributed by atoms with van der Waals surface area (Å²) < 4.78 is 4.95. The van der Waals surface area contributed by atoms with Crippen molar-refractivity contribution in [2.24, 2.45) is 0 Å². The number of ether oxygens (including phenoxy) is 1. The van der Waals surface area contributed by atoms with E-state index in [-0.39, 0.29) is 29.4 Å². The van der Waals surface area contributed by atoms with Crippen LogP contribution in [0.2, 0.25) is 0 Å². The molecule has 1 saturated heterocycles. The Kier molecular flexibility index (Phi) is 7.04. The zero-order chi connectivity index (χ0) is 27.0. The van der Waals surface area contributed by atoms with E-state index in [1.54, 1.807) is 36.4 Å². The van der Waals surface area contributed by atoms with Gasteiger partial charge in [-0.25, -0.2) is 14.5 Å². The number of carboxylic acid groups (broad SMARTS) is 1. The van der Waals surface area contributed by atoms with Gasteiger partial charge in [0.25, 0.3) is 5.91 Å². The van der Waals surface area contributed by atoms with E-state index in [2.05, 4.69) is 5.32 Å². The molecule has 194 valence electrons. The van der Waals surface area contributed by atoms with Crippen LogP contribution < -0.4 is 10.2 Å². The Bertz CT molecular complexity index is 1480. The summed E-state index contributed by atoms with van der Waals surface area (Å²) in [5.41, 5.74) is 1.59. The molecule has 2 heterocycles. The van der Waals surface area contributed by atoms with Gasteiger partial charge >= 0.3 is 11.9 Å². The molecule has 3 aromatic rings. The fraction of sp³-hybridized carbons (Fsp3) is 0.222. The number of aromatic carboxylic acids is 1. The van der Waals surface area contributed by atoms with Gasteiger partial charge in [-0.15, -0.1) is 23.1 Å². The first-order chi connectivity index (χ1) is 18.3. The fourth-order valence-electron chi connectivity index (χ4n) is 4.62. The topological polar surface area (TPSA) is 130 Å². The summed E-state index contributed by atoms with van der Waals surface area (Å²) in [7, 11) is 1.29. The minimum Gasteiger partial charge on any atom is -0.478 e. The van der Waals surface area contributed by atoms with Crippen molar-refractivity contribution >= 4 is 63.4 Å². The Morgan fingerprint density at radius 3 is 2.45 bits per heavy atom. The van der Waals surface area contributed by atoms with Gasteiger partial charge < -0.3 is 15.2 Å². The normalized spacial score (nSPS) is 16.4. The Morgan fingerprint density at radius 1 is 1.05 bits per heavy atom. The standard InChI is InChI=1S/C27H22N2O7S2/c1-36-27(35)22-18-7-4-8-19(18)38-25(22)29-21(30)13-20(24(29)32)37-15-11-9-14(10-12-15)28-23(31)16-5-2-3-6-17(16)26(33)34/h2-3,5-6,9-12,20H,4,7-8,13H2,1H3,(H,28,31)(H,33,34)/t20-/m0/s1. The number of benzene rings is 2. The maximum atomic E-state index is 13.3. The van der Waals surface area contributed by atoms with Crippen LogP contribution >= 0.6 is 23.1 Å². The number of hydrogen-bond donors (Lipinski definition) is 2. The number of imide groups is 1. The van der Waals surface area contributed by atoms with Crippen molar-refractivity contribution < 1.29 is 33.8 Å². The van der Waals surface area contributed by atoms with Gasteiger partial charge in [0, 0.05) is 21.9 Å². The van der Waals surface area contributed by atoms with Crippen molar-refractivity contribution in [3.05, 3.63) is 75.7 Å². The summed E-state index contributed by atoms with van der Waals surface area (Å²) in [5.74, 6) is -3.04. The molecule has 5 rings (SSSR count). The van der Waals surface area contributed by atoms with E-state index in [9.17, 15) is 29.1 Å². The van der Waals surface area contributed by atoms with E-state index in [4.69, 9.17) is 4.74 Å². The second-order valence-electron chi connectivity index (χ2n) is 8.74. The van der Waals surface area contributed by atoms with Gasteiger partial charge in [0.15, 0.2) is 0 Å². The monoisotopic (exact) mass is 550 g/mol. The van der Waals surface area contributed by atoms with Gasteiger partial charge in [-0.2, -0.15) is 0 Å². The molecule has 0 spiro atoms. The largest absolute Gasteiger partial charge is 0.478 e. The van der Waals surface area contributed by atoms with Crippen molar-refractivity contribution in [3.63, 3.8) is 0 Å². The van der Waals surface area contributed by atoms with Gasteiger partial charge in [0.2, 0.25) is 11.8 Å². The van der Waals surface area contributed by atoms with Gasteiger partial charge in [-0.05, 0) is 61.2 Å². The minimum absolute atomic E-state index is 0.00284. The zero-order valence-electron chi connectivity index (χ0n) is 20.2. The Morgan fingerprint density at radius 2 is 1.76 bits per heavy atom. The van der Waals surface area contributed by atoms with Crippen LogP contribution in [-0.4, -0.2) is 47.1 Å². The molecule has 0 unspecified atom stereocenters. The summed E-state index contributed by atoms with van der Waals surface area (Å²) >= 11 is 2.54. The number of aryl methyl sites for hydroxylation is 1. The number of anilines is 2. The SMILES string of the molecule is COC(=O)c1c(N2C(=O)C[C@H](Sc3ccc(NC(=O)c4ccccc4C(=O)O)cc3)C2=O)sc2c1CCC2. The lowest BCUT2D eigenvalue weighted by Gasteiger charge is -2.15. The molecule has 38 heavy (non-hydrogen) atoms. The van der Waals surface area contributed by atoms with E-state index < -0.39 is 23.1 Å². The molecule has 1 atom stereocenters. The first-order valence-electron chi connectivity index (χ1n) is 11.8. The molecule has 2 aromatic carbocycles. The van der Waals surface area contributed by atoms with Crippen LogP contribution in [0, 0.1) is 0 Å². The van der Waals surface area contributed by atoms with Gasteiger partial charge in [0.05, 0.1) is 29.1 Å². The maximum absolute atomic E-state index is 13.3. The van der Waals surface area contributed by atoms with Gasteiger partial charge in [0.1, 0.15) is 5.00 Å². The lowest BCUT2D eigenvalue weighted by atomic mass is 10.1. The molecule has 1 aliphatic carbocycles. The number of thiophene rings is 1. The Balaban J connectivity index is 1.29. The minimum atomic E-state index is -1.20.